The number of fused-ring (bicyclic) bond motifs is 2. The number of piperidine rings is 1. The fraction of sp³-hybridized carbons (Fsp3) is 0.370. The summed E-state index contributed by atoms with van der Waals surface area (Å²) in [5, 5.41) is 12.4. The van der Waals surface area contributed by atoms with Gasteiger partial charge in [-0.25, -0.2) is 18.2 Å². The Kier molecular flexibility index (Phi) is 12.6. The van der Waals surface area contributed by atoms with Crippen LogP contribution in [-0.2, 0) is 15.0 Å². The molecule has 346 valence electrons. The molecule has 3 amide bonds. The molecular formula is C46H47F3N8O8S. The van der Waals surface area contributed by atoms with Gasteiger partial charge >= 0.3 is 10.2 Å². The monoisotopic (exact) mass is 928 g/mol. The van der Waals surface area contributed by atoms with Gasteiger partial charge in [0.05, 0.1) is 29.0 Å². The van der Waals surface area contributed by atoms with Crippen molar-refractivity contribution in [3.05, 3.63) is 107 Å². The highest BCUT2D eigenvalue weighted by Crippen LogP contribution is 2.33. The Hall–Kier alpha value is -6.35. The zero-order chi connectivity index (χ0) is 46.3. The summed E-state index contributed by atoms with van der Waals surface area (Å²) in [5.74, 6) is -4.46. The highest BCUT2D eigenvalue weighted by molar-refractivity contribution is 7.90. The molecule has 16 nitrogen and oxygen atoms in total. The third-order valence-electron chi connectivity index (χ3n) is 12.6. The van der Waals surface area contributed by atoms with E-state index >= 15 is 8.78 Å². The van der Waals surface area contributed by atoms with Crippen molar-refractivity contribution in [3.8, 4) is 16.9 Å². The van der Waals surface area contributed by atoms with Crippen LogP contribution in [0.3, 0.4) is 0 Å². The SMILES string of the molecule is O=C(c1c(F)ccc(NS(=O)(=O)N2CC[C@@H](F)C2)c1F)c1c[nH]c2ncc(-c3ccc(OCCCCCN4CCN(c5ccc6c(c5)C(=O)N(C5CCC(O)NC5=O)C6=O)CC4)cc3)cc12. The Balaban J connectivity index is 0.734. The molecule has 3 atom stereocenters. The van der Waals surface area contributed by atoms with Crippen LogP contribution in [0.15, 0.2) is 73.1 Å². The number of alkyl halides is 1. The maximum atomic E-state index is 15.7. The number of hydrogen-bond donors (Lipinski definition) is 4. The third-order valence-corrected chi connectivity index (χ3v) is 14.1. The zero-order valence-electron chi connectivity index (χ0n) is 35.6. The molecule has 9 rings (SSSR count). The lowest BCUT2D eigenvalue weighted by Gasteiger charge is -2.36. The van der Waals surface area contributed by atoms with Gasteiger partial charge in [-0.15, -0.1) is 0 Å². The van der Waals surface area contributed by atoms with Gasteiger partial charge in [-0.05, 0) is 99.2 Å². The number of aromatic amines is 1. The molecule has 4 aliphatic heterocycles. The van der Waals surface area contributed by atoms with Crippen LogP contribution < -0.4 is 19.7 Å². The lowest BCUT2D eigenvalue weighted by atomic mass is 10.00. The quantitative estimate of drug-likeness (QED) is 0.0627. The average Bonchev–Trinajstić information content (AvgIpc) is 4.02. The standard InChI is InChI=1S/C46H47F3N8O8S/c47-29-14-16-56(26-29)66(63,64)53-37-11-10-36(48)40(41(37)49)42(59)35-25-51-43-33(35)22-28(24-50-43)27-4-7-31(8-5-27)65-21-3-1-2-15-54-17-19-55(20-18-54)30-6-9-32-34(23-30)46(62)57(45(32)61)38-12-13-39(58)52-44(38)60/h4-11,22-25,29,38-39,53,58H,1-3,12-21,26H2,(H,50,51)(H,52,60)/t29-,38?,39?/m1/s1. The van der Waals surface area contributed by atoms with E-state index in [1.807, 2.05) is 35.1 Å². The summed E-state index contributed by atoms with van der Waals surface area (Å²) in [6.07, 6.45) is 3.82. The van der Waals surface area contributed by atoms with Gasteiger partial charge in [-0.2, -0.15) is 12.7 Å². The van der Waals surface area contributed by atoms with Gasteiger partial charge in [0.15, 0.2) is 5.82 Å². The minimum atomic E-state index is -4.36. The number of anilines is 2. The largest absolute Gasteiger partial charge is 0.494 e. The molecule has 5 aromatic rings. The van der Waals surface area contributed by atoms with Crippen molar-refractivity contribution in [2.45, 2.75) is 57.0 Å². The molecule has 3 saturated heterocycles. The average molecular weight is 929 g/mol. The van der Waals surface area contributed by atoms with E-state index in [2.05, 4.69) is 25.1 Å². The minimum Gasteiger partial charge on any atom is -0.494 e. The van der Waals surface area contributed by atoms with Gasteiger partial charge in [-0.1, -0.05) is 12.1 Å². The first-order valence-corrected chi connectivity index (χ1v) is 23.3. The molecule has 3 aromatic carbocycles. The van der Waals surface area contributed by atoms with Crippen molar-refractivity contribution in [1.82, 2.24) is 29.4 Å². The summed E-state index contributed by atoms with van der Waals surface area (Å²) in [6, 6.07) is 15.0. The summed E-state index contributed by atoms with van der Waals surface area (Å²) in [4.78, 5) is 65.4. The van der Waals surface area contributed by atoms with Crippen LogP contribution in [0.5, 0.6) is 5.75 Å². The van der Waals surface area contributed by atoms with E-state index < -0.39 is 81.6 Å². The molecule has 3 fully saturated rings. The molecule has 6 heterocycles. The van der Waals surface area contributed by atoms with Crippen LogP contribution in [0.2, 0.25) is 0 Å². The number of amides is 3. The predicted octanol–water partition coefficient (Wildman–Crippen LogP) is 5.00. The van der Waals surface area contributed by atoms with Crippen LogP contribution in [-0.4, -0.2) is 132 Å². The van der Waals surface area contributed by atoms with Crippen molar-refractivity contribution in [3.63, 3.8) is 0 Å². The topological polar surface area (TPSA) is 198 Å². The fourth-order valence-corrected chi connectivity index (χ4v) is 10.2. The molecule has 0 radical (unpaired) electrons. The van der Waals surface area contributed by atoms with Crippen LogP contribution in [0.1, 0.15) is 75.2 Å². The number of hydrogen-bond acceptors (Lipinski definition) is 11. The number of aliphatic hydroxyl groups is 1. The van der Waals surface area contributed by atoms with E-state index in [4.69, 9.17) is 4.74 Å². The summed E-state index contributed by atoms with van der Waals surface area (Å²) in [7, 11) is -4.36. The van der Waals surface area contributed by atoms with Gasteiger partial charge in [0.25, 0.3) is 11.8 Å². The number of piperazine rings is 1. The van der Waals surface area contributed by atoms with Gasteiger partial charge in [0.1, 0.15) is 35.7 Å². The molecular weight excluding hydrogens is 882 g/mol. The number of aliphatic hydroxyl groups excluding tert-OH is 1. The fourth-order valence-electron chi connectivity index (χ4n) is 8.96. The van der Waals surface area contributed by atoms with E-state index in [9.17, 15) is 37.1 Å². The molecule has 4 N–H and O–H groups in total. The molecule has 2 aromatic heterocycles. The number of rotatable bonds is 15. The molecule has 20 heteroatoms. The van der Waals surface area contributed by atoms with Crippen molar-refractivity contribution in [1.29, 1.82) is 0 Å². The van der Waals surface area contributed by atoms with E-state index in [0.717, 1.165) is 84.6 Å². The summed E-state index contributed by atoms with van der Waals surface area (Å²) in [6.45, 7) is 4.15. The van der Waals surface area contributed by atoms with Gasteiger partial charge in [-0.3, -0.25) is 33.7 Å². The number of nitrogens with zero attached hydrogens (tertiary/aromatic N) is 5. The van der Waals surface area contributed by atoms with Gasteiger partial charge in [0, 0.05) is 73.9 Å². The lowest BCUT2D eigenvalue weighted by Crippen LogP contribution is -2.55. The van der Waals surface area contributed by atoms with Crippen LogP contribution >= 0.6 is 0 Å². The number of halogens is 3. The smallest absolute Gasteiger partial charge is 0.301 e. The Morgan fingerprint density at radius 1 is 0.879 bits per heavy atom. The molecule has 4 aliphatic rings. The predicted molar refractivity (Wildman–Crippen MR) is 237 cm³/mol. The second-order valence-electron chi connectivity index (χ2n) is 16.9. The molecule has 0 saturated carbocycles. The number of ether oxygens (including phenoxy) is 1. The maximum Gasteiger partial charge on any atom is 0.301 e. The van der Waals surface area contributed by atoms with Crippen molar-refractivity contribution < 1.29 is 50.6 Å². The third kappa shape index (κ3) is 8.97. The van der Waals surface area contributed by atoms with E-state index in [0.29, 0.717) is 34.5 Å². The number of imide groups is 1. The van der Waals surface area contributed by atoms with Crippen LogP contribution in [0, 0.1) is 11.6 Å². The van der Waals surface area contributed by atoms with Crippen molar-refractivity contribution in [2.75, 3.05) is 62.0 Å². The number of aromatic nitrogens is 2. The summed E-state index contributed by atoms with van der Waals surface area (Å²) in [5.41, 5.74) is 1.44. The Labute approximate surface area is 377 Å². The summed E-state index contributed by atoms with van der Waals surface area (Å²) < 4.78 is 78.8. The zero-order valence-corrected chi connectivity index (χ0v) is 36.5. The second-order valence-corrected chi connectivity index (χ2v) is 18.5. The Morgan fingerprint density at radius 3 is 2.39 bits per heavy atom. The maximum absolute atomic E-state index is 15.7. The molecule has 0 spiro atoms. The lowest BCUT2D eigenvalue weighted by molar-refractivity contribution is -0.131. The normalized spacial score (nSPS) is 20.5. The first-order valence-electron chi connectivity index (χ1n) is 21.9. The summed E-state index contributed by atoms with van der Waals surface area (Å²) >= 11 is 0. The minimum absolute atomic E-state index is 0.00467. The number of carbonyl (C=O) groups is 4. The van der Waals surface area contributed by atoms with Gasteiger partial charge in [0.2, 0.25) is 11.7 Å². The molecule has 2 unspecified atom stereocenters. The number of pyridine rings is 1. The number of nitrogens with one attached hydrogen (secondary N) is 3. The molecule has 0 bridgehead atoms. The van der Waals surface area contributed by atoms with Crippen molar-refractivity contribution in [2.24, 2.45) is 0 Å². The second kappa shape index (κ2) is 18.5. The highest BCUT2D eigenvalue weighted by Gasteiger charge is 2.45. The Morgan fingerprint density at radius 2 is 1.65 bits per heavy atom. The number of H-pyrrole nitrogens is 1. The van der Waals surface area contributed by atoms with Crippen LogP contribution in [0.4, 0.5) is 24.5 Å². The van der Waals surface area contributed by atoms with Crippen LogP contribution in [0.25, 0.3) is 22.2 Å². The number of benzene rings is 3. The van der Waals surface area contributed by atoms with E-state index in [1.165, 1.54) is 6.20 Å². The van der Waals surface area contributed by atoms with Crippen molar-refractivity contribution >= 4 is 56.1 Å². The number of unbranched alkanes of at least 4 members (excludes halogenated alkanes) is 2. The first-order chi connectivity index (χ1) is 31.8. The van der Waals surface area contributed by atoms with E-state index in [-0.39, 0.29) is 36.9 Å². The highest BCUT2D eigenvalue weighted by atomic mass is 32.2. The first kappa shape index (κ1) is 44.8. The van der Waals surface area contributed by atoms with E-state index in [1.54, 1.807) is 24.4 Å². The molecule has 66 heavy (non-hydrogen) atoms. The van der Waals surface area contributed by atoms with Gasteiger partial charge < -0.3 is 25.0 Å². The number of ketones is 1. The Bertz CT molecular complexity index is 2820. The molecule has 0 aliphatic carbocycles. The number of carbonyl (C=O) groups excluding carboxylic acids is 4.